The largest absolute Gasteiger partial charge is 0.443 e. The van der Waals surface area contributed by atoms with E-state index in [1.54, 1.807) is 0 Å². The summed E-state index contributed by atoms with van der Waals surface area (Å²) >= 11 is 0. The molecule has 2 aliphatic rings. The molecule has 7 heteroatoms. The van der Waals surface area contributed by atoms with E-state index in [-0.39, 0.29) is 22.7 Å². The van der Waals surface area contributed by atoms with Gasteiger partial charge in [-0.15, -0.1) is 0 Å². The van der Waals surface area contributed by atoms with Crippen molar-refractivity contribution in [2.24, 2.45) is 11.8 Å². The molecule has 1 aliphatic carbocycles. The summed E-state index contributed by atoms with van der Waals surface area (Å²) < 4.78 is 12.0. The maximum Gasteiger partial charge on any atom is 0.422 e. The van der Waals surface area contributed by atoms with Crippen molar-refractivity contribution in [1.82, 2.24) is 10.4 Å². The lowest BCUT2D eigenvalue weighted by molar-refractivity contribution is -0.115. The van der Waals surface area contributed by atoms with Crippen molar-refractivity contribution in [3.63, 3.8) is 0 Å². The molecule has 1 aromatic carbocycles. The van der Waals surface area contributed by atoms with Gasteiger partial charge in [0.1, 0.15) is 11.1 Å². The zero-order chi connectivity index (χ0) is 23.2. The first-order chi connectivity index (χ1) is 14.2. The van der Waals surface area contributed by atoms with Crippen LogP contribution in [0.3, 0.4) is 0 Å². The third-order valence-corrected chi connectivity index (χ3v) is 11.4. The van der Waals surface area contributed by atoms with Gasteiger partial charge in [0.05, 0.1) is 5.92 Å². The van der Waals surface area contributed by atoms with Crippen molar-refractivity contribution in [2.75, 3.05) is 13.2 Å². The van der Waals surface area contributed by atoms with E-state index in [1.165, 1.54) is 0 Å². The number of hydrogen-bond acceptors (Lipinski definition) is 5. The summed E-state index contributed by atoms with van der Waals surface area (Å²) in [4.78, 5) is 25.8. The number of Topliss-reactive ketones (excluding diaryl/α,β-unsaturated/α-hetero) is 1. The topological polar surface area (TPSA) is 67.9 Å². The van der Waals surface area contributed by atoms with Gasteiger partial charge in [-0.3, -0.25) is 10.2 Å². The second-order valence-electron chi connectivity index (χ2n) is 11.4. The Bertz CT molecular complexity index is 828. The minimum absolute atomic E-state index is 0.124. The highest BCUT2D eigenvalue weighted by molar-refractivity contribution is 6.74. The zero-order valence-electron chi connectivity index (χ0n) is 20.2. The molecule has 6 nitrogen and oxygen atoms in total. The van der Waals surface area contributed by atoms with Crippen LogP contribution in [-0.2, 0) is 19.5 Å². The van der Waals surface area contributed by atoms with Gasteiger partial charge in [0.2, 0.25) is 0 Å². The number of carbonyl (C=O) groups is 2. The summed E-state index contributed by atoms with van der Waals surface area (Å²) in [6.07, 6.45) is 0.238. The Balaban J connectivity index is 1.82. The first kappa shape index (κ1) is 23.9. The van der Waals surface area contributed by atoms with Crippen molar-refractivity contribution >= 4 is 20.2 Å². The molecule has 3 rings (SSSR count). The monoisotopic (exact) mass is 446 g/mol. The van der Waals surface area contributed by atoms with Gasteiger partial charge >= 0.3 is 6.09 Å². The van der Waals surface area contributed by atoms with E-state index in [0.29, 0.717) is 13.2 Å². The number of ether oxygens (including phenoxy) is 1. The molecule has 0 radical (unpaired) electrons. The van der Waals surface area contributed by atoms with Crippen LogP contribution in [-0.4, -0.2) is 44.0 Å². The maximum atomic E-state index is 13.2. The van der Waals surface area contributed by atoms with E-state index in [0.717, 1.165) is 12.0 Å². The van der Waals surface area contributed by atoms with E-state index in [9.17, 15) is 9.59 Å². The third kappa shape index (κ3) is 4.73. The number of benzene rings is 1. The van der Waals surface area contributed by atoms with Crippen LogP contribution in [0.2, 0.25) is 18.1 Å². The van der Waals surface area contributed by atoms with Crippen molar-refractivity contribution in [2.45, 2.75) is 77.2 Å². The van der Waals surface area contributed by atoms with Crippen molar-refractivity contribution in [1.29, 1.82) is 0 Å². The molecule has 3 atom stereocenters. The van der Waals surface area contributed by atoms with Gasteiger partial charge in [-0.05, 0) is 56.8 Å². The molecule has 3 unspecified atom stereocenters. The lowest BCUT2D eigenvalue weighted by Crippen LogP contribution is -2.56. The minimum atomic E-state index is -1.90. The van der Waals surface area contributed by atoms with Crippen LogP contribution in [0, 0.1) is 11.8 Å². The fourth-order valence-electron chi connectivity index (χ4n) is 4.16. The molecule has 1 saturated carbocycles. The highest BCUT2D eigenvalue weighted by atomic mass is 28.4. The van der Waals surface area contributed by atoms with Gasteiger partial charge in [0.25, 0.3) is 0 Å². The fourth-order valence-corrected chi connectivity index (χ4v) is 5.24. The lowest BCUT2D eigenvalue weighted by Gasteiger charge is -2.41. The number of ketones is 1. The van der Waals surface area contributed by atoms with Gasteiger partial charge in [-0.1, -0.05) is 51.1 Å². The average Bonchev–Trinajstić information content (AvgIpc) is 3.24. The number of nitrogens with zero attached hydrogens (tertiary/aromatic N) is 1. The molecule has 1 N–H and O–H groups in total. The van der Waals surface area contributed by atoms with Gasteiger partial charge in [-0.2, -0.15) is 5.01 Å². The normalized spacial score (nSPS) is 26.9. The molecule has 0 aromatic heterocycles. The Hall–Kier alpha value is -1.70. The quantitative estimate of drug-likeness (QED) is 0.654. The summed E-state index contributed by atoms with van der Waals surface area (Å²) in [7, 11) is -1.90. The first-order valence-corrected chi connectivity index (χ1v) is 14.1. The molecule has 1 saturated heterocycles. The van der Waals surface area contributed by atoms with Crippen LogP contribution >= 0.6 is 0 Å². The number of nitrogens with one attached hydrogen (secondary N) is 1. The van der Waals surface area contributed by atoms with Gasteiger partial charge in [-0.25, -0.2) is 4.79 Å². The zero-order valence-corrected chi connectivity index (χ0v) is 21.2. The Morgan fingerprint density at radius 2 is 1.77 bits per heavy atom. The number of amides is 1. The van der Waals surface area contributed by atoms with Crippen LogP contribution in [0.1, 0.15) is 53.5 Å². The molecule has 2 fully saturated rings. The Morgan fingerprint density at radius 3 is 2.32 bits per heavy atom. The minimum Gasteiger partial charge on any atom is -0.443 e. The molecule has 1 aliphatic heterocycles. The summed E-state index contributed by atoms with van der Waals surface area (Å²) in [5, 5.41) is 1.94. The number of fused-ring (bicyclic) bond motifs is 1. The SMILES string of the molecule is CC(C)(C)OC(=O)NN1CC(CO[Si](C)(C)C(C)(C)C)CC2C(=O)C21c1ccccc1. The maximum absolute atomic E-state index is 13.2. The standard InChI is InChI=1S/C24H38N2O4Si/c1-22(2,3)30-21(28)25-26-15-17(16-29-31(7,8)23(4,5)6)14-19-20(27)24(19,26)18-12-10-9-11-13-18/h9-13,17,19H,14-16H2,1-8H3,(H,25,28). The number of carbonyl (C=O) groups excluding carboxylic acids is 2. The molecular weight excluding hydrogens is 408 g/mol. The van der Waals surface area contributed by atoms with E-state index in [4.69, 9.17) is 9.16 Å². The van der Waals surface area contributed by atoms with Gasteiger partial charge < -0.3 is 9.16 Å². The first-order valence-electron chi connectivity index (χ1n) is 11.2. The molecule has 0 spiro atoms. The second kappa shape index (κ2) is 8.01. The van der Waals surface area contributed by atoms with Crippen LogP contribution in [0.15, 0.2) is 30.3 Å². The molecule has 31 heavy (non-hydrogen) atoms. The predicted molar refractivity (Wildman–Crippen MR) is 124 cm³/mol. The third-order valence-electron chi connectivity index (χ3n) is 6.87. The smallest absolute Gasteiger partial charge is 0.422 e. The molecular formula is C24H38N2O4Si. The molecule has 1 aromatic rings. The Morgan fingerprint density at radius 1 is 1.16 bits per heavy atom. The summed E-state index contributed by atoms with van der Waals surface area (Å²) in [6.45, 7) is 17.8. The van der Waals surface area contributed by atoms with Crippen molar-refractivity contribution in [3.05, 3.63) is 35.9 Å². The Labute approximate surface area is 187 Å². The van der Waals surface area contributed by atoms with Crippen LogP contribution < -0.4 is 5.43 Å². The second-order valence-corrected chi connectivity index (χ2v) is 16.3. The summed E-state index contributed by atoms with van der Waals surface area (Å²) in [5.74, 6) is 0.175. The van der Waals surface area contributed by atoms with Crippen molar-refractivity contribution < 1.29 is 18.8 Å². The number of hydrazine groups is 1. The van der Waals surface area contributed by atoms with E-state index in [1.807, 2.05) is 56.1 Å². The predicted octanol–water partition coefficient (Wildman–Crippen LogP) is 4.86. The number of piperidine rings is 1. The van der Waals surface area contributed by atoms with Gasteiger partial charge in [0.15, 0.2) is 14.1 Å². The van der Waals surface area contributed by atoms with E-state index in [2.05, 4.69) is 39.3 Å². The molecule has 1 heterocycles. The molecule has 1 amide bonds. The van der Waals surface area contributed by atoms with Gasteiger partial charge in [0, 0.05) is 13.2 Å². The highest BCUT2D eigenvalue weighted by Gasteiger charge is 2.72. The molecule has 172 valence electrons. The van der Waals surface area contributed by atoms with E-state index < -0.39 is 25.6 Å². The van der Waals surface area contributed by atoms with Crippen LogP contribution in [0.5, 0.6) is 0 Å². The lowest BCUT2D eigenvalue weighted by atomic mass is 9.90. The molecule has 0 bridgehead atoms. The average molecular weight is 447 g/mol. The Kier molecular flexibility index (Phi) is 6.19. The summed E-state index contributed by atoms with van der Waals surface area (Å²) in [6, 6.07) is 9.74. The summed E-state index contributed by atoms with van der Waals surface area (Å²) in [5.41, 5.74) is 2.41. The van der Waals surface area contributed by atoms with Crippen LogP contribution in [0.4, 0.5) is 4.79 Å². The van der Waals surface area contributed by atoms with Crippen molar-refractivity contribution in [3.8, 4) is 0 Å². The van der Waals surface area contributed by atoms with E-state index >= 15 is 0 Å². The van der Waals surface area contributed by atoms with Crippen LogP contribution in [0.25, 0.3) is 0 Å². The number of rotatable bonds is 5. The number of hydrogen-bond donors (Lipinski definition) is 1. The highest BCUT2D eigenvalue weighted by Crippen LogP contribution is 2.58. The fraction of sp³-hybridized carbons (Fsp3) is 0.667.